The molecule has 106 valence electrons. The van der Waals surface area contributed by atoms with Crippen molar-refractivity contribution in [1.29, 1.82) is 0 Å². The molecule has 0 aromatic heterocycles. The number of nitrogens with two attached hydrogens (primary N) is 1. The fourth-order valence-corrected chi connectivity index (χ4v) is 3.07. The van der Waals surface area contributed by atoms with Crippen molar-refractivity contribution < 1.29 is 0 Å². The molecule has 0 spiro atoms. The predicted molar refractivity (Wildman–Crippen MR) is 89.8 cm³/mol. The topological polar surface area (TPSA) is 26.0 Å². The Kier molecular flexibility index (Phi) is 5.53. The molecule has 1 atom stereocenters. The zero-order valence-electron chi connectivity index (χ0n) is 11.9. The summed E-state index contributed by atoms with van der Waals surface area (Å²) in [7, 11) is 0. The van der Waals surface area contributed by atoms with E-state index in [0.717, 1.165) is 17.2 Å². The van der Waals surface area contributed by atoms with Crippen molar-refractivity contribution in [2.75, 3.05) is 5.75 Å². The van der Waals surface area contributed by atoms with E-state index >= 15 is 0 Å². The Morgan fingerprint density at radius 2 is 1.80 bits per heavy atom. The second kappa shape index (κ2) is 7.16. The van der Waals surface area contributed by atoms with E-state index in [2.05, 4.69) is 32.0 Å². The Morgan fingerprint density at radius 1 is 1.10 bits per heavy atom. The molecule has 0 amide bonds. The van der Waals surface area contributed by atoms with Crippen LogP contribution in [0.1, 0.15) is 16.7 Å². The van der Waals surface area contributed by atoms with Gasteiger partial charge in [-0.15, -0.1) is 11.8 Å². The van der Waals surface area contributed by atoms with Gasteiger partial charge in [-0.3, -0.25) is 0 Å². The Balaban J connectivity index is 1.90. The summed E-state index contributed by atoms with van der Waals surface area (Å²) in [5, 5.41) is 0.772. The summed E-state index contributed by atoms with van der Waals surface area (Å²) in [5.74, 6) is 0.912. The van der Waals surface area contributed by atoms with Crippen LogP contribution in [0.15, 0.2) is 47.4 Å². The van der Waals surface area contributed by atoms with Gasteiger partial charge in [-0.2, -0.15) is 0 Å². The third-order valence-corrected chi connectivity index (χ3v) is 4.72. The highest BCUT2D eigenvalue weighted by atomic mass is 35.5. The lowest BCUT2D eigenvalue weighted by molar-refractivity contribution is 0.744. The molecular weight excluding hydrogens is 286 g/mol. The van der Waals surface area contributed by atoms with Gasteiger partial charge in [0.2, 0.25) is 0 Å². The van der Waals surface area contributed by atoms with E-state index in [1.165, 1.54) is 21.6 Å². The number of rotatable bonds is 5. The molecule has 2 aromatic rings. The second-order valence-corrected chi connectivity index (χ2v) is 6.69. The van der Waals surface area contributed by atoms with Crippen LogP contribution in [-0.2, 0) is 6.42 Å². The average Bonchev–Trinajstić information content (AvgIpc) is 2.42. The van der Waals surface area contributed by atoms with Crippen LogP contribution in [0.5, 0.6) is 0 Å². The van der Waals surface area contributed by atoms with Gasteiger partial charge in [-0.05, 0) is 55.7 Å². The quantitative estimate of drug-likeness (QED) is 0.816. The van der Waals surface area contributed by atoms with Gasteiger partial charge in [0, 0.05) is 21.7 Å². The van der Waals surface area contributed by atoms with Gasteiger partial charge >= 0.3 is 0 Å². The first-order valence-corrected chi connectivity index (χ1v) is 8.11. The van der Waals surface area contributed by atoms with E-state index in [1.807, 2.05) is 24.3 Å². The van der Waals surface area contributed by atoms with Crippen molar-refractivity contribution >= 4 is 23.4 Å². The molecule has 2 rings (SSSR count). The minimum atomic E-state index is 0.163. The second-order valence-electron chi connectivity index (χ2n) is 5.16. The van der Waals surface area contributed by atoms with Crippen LogP contribution in [0.25, 0.3) is 0 Å². The first kappa shape index (κ1) is 15.4. The van der Waals surface area contributed by atoms with E-state index in [0.29, 0.717) is 0 Å². The molecule has 2 N–H and O–H groups in total. The van der Waals surface area contributed by atoms with Crippen molar-refractivity contribution in [2.24, 2.45) is 5.73 Å². The Morgan fingerprint density at radius 3 is 2.50 bits per heavy atom. The molecule has 0 saturated heterocycles. The molecule has 1 nitrogen and oxygen atoms in total. The molecule has 2 aromatic carbocycles. The van der Waals surface area contributed by atoms with Crippen molar-refractivity contribution in [3.05, 3.63) is 64.2 Å². The highest BCUT2D eigenvalue weighted by molar-refractivity contribution is 7.99. The average molecular weight is 306 g/mol. The number of benzene rings is 2. The first-order valence-electron chi connectivity index (χ1n) is 6.74. The minimum absolute atomic E-state index is 0.163. The molecule has 0 aliphatic rings. The standard InChI is InChI=1S/C17H20ClNS/c1-12-3-4-13(2)14(9-12)10-16(19)11-20-17-7-5-15(18)6-8-17/h3-9,16H,10-11,19H2,1-2H3. The van der Waals surface area contributed by atoms with E-state index in [9.17, 15) is 0 Å². The van der Waals surface area contributed by atoms with Gasteiger partial charge in [-0.1, -0.05) is 35.4 Å². The van der Waals surface area contributed by atoms with Crippen LogP contribution >= 0.6 is 23.4 Å². The first-order chi connectivity index (χ1) is 9.54. The van der Waals surface area contributed by atoms with Gasteiger partial charge in [0.15, 0.2) is 0 Å². The summed E-state index contributed by atoms with van der Waals surface area (Å²) < 4.78 is 0. The molecule has 20 heavy (non-hydrogen) atoms. The van der Waals surface area contributed by atoms with E-state index in [1.54, 1.807) is 11.8 Å². The molecule has 0 bridgehead atoms. The minimum Gasteiger partial charge on any atom is -0.327 e. The lowest BCUT2D eigenvalue weighted by Gasteiger charge is -2.14. The number of thioether (sulfide) groups is 1. The lowest BCUT2D eigenvalue weighted by atomic mass is 10.00. The van der Waals surface area contributed by atoms with Crippen molar-refractivity contribution in [3.8, 4) is 0 Å². The molecule has 0 heterocycles. The van der Waals surface area contributed by atoms with Crippen LogP contribution in [0.4, 0.5) is 0 Å². The fraction of sp³-hybridized carbons (Fsp3) is 0.294. The van der Waals surface area contributed by atoms with Gasteiger partial charge < -0.3 is 5.73 Å². The lowest BCUT2D eigenvalue weighted by Crippen LogP contribution is -2.26. The molecule has 1 unspecified atom stereocenters. The maximum Gasteiger partial charge on any atom is 0.0406 e. The summed E-state index contributed by atoms with van der Waals surface area (Å²) in [6, 6.07) is 14.6. The third-order valence-electron chi connectivity index (χ3n) is 3.26. The number of hydrogen-bond acceptors (Lipinski definition) is 2. The maximum atomic E-state index is 6.26. The molecule has 3 heteroatoms. The van der Waals surface area contributed by atoms with Crippen LogP contribution in [0.3, 0.4) is 0 Å². The van der Waals surface area contributed by atoms with Crippen molar-refractivity contribution in [3.63, 3.8) is 0 Å². The van der Waals surface area contributed by atoms with Gasteiger partial charge in [-0.25, -0.2) is 0 Å². The smallest absolute Gasteiger partial charge is 0.0406 e. The number of hydrogen-bond donors (Lipinski definition) is 1. The number of halogens is 1. The number of aryl methyl sites for hydroxylation is 2. The Labute approximate surface area is 130 Å². The molecular formula is C17H20ClNS. The predicted octanol–water partition coefficient (Wildman–Crippen LogP) is 4.62. The Hall–Kier alpha value is -0.960. The molecule has 0 saturated carbocycles. The SMILES string of the molecule is Cc1ccc(C)c(CC(N)CSc2ccc(Cl)cc2)c1. The Bertz CT molecular complexity index is 566. The summed E-state index contributed by atoms with van der Waals surface area (Å²) in [6.07, 6.45) is 0.925. The van der Waals surface area contributed by atoms with Crippen LogP contribution < -0.4 is 5.73 Å². The van der Waals surface area contributed by atoms with Crippen LogP contribution in [0.2, 0.25) is 5.02 Å². The fourth-order valence-electron chi connectivity index (χ4n) is 2.10. The molecule has 0 aliphatic heterocycles. The normalized spacial score (nSPS) is 12.4. The summed E-state index contributed by atoms with van der Waals surface area (Å²) in [5.41, 5.74) is 10.2. The van der Waals surface area contributed by atoms with Crippen molar-refractivity contribution in [1.82, 2.24) is 0 Å². The molecule has 0 fully saturated rings. The van der Waals surface area contributed by atoms with Crippen molar-refractivity contribution in [2.45, 2.75) is 31.2 Å². The van der Waals surface area contributed by atoms with E-state index < -0.39 is 0 Å². The van der Waals surface area contributed by atoms with E-state index in [4.69, 9.17) is 17.3 Å². The van der Waals surface area contributed by atoms with Crippen LogP contribution in [0, 0.1) is 13.8 Å². The summed E-state index contributed by atoms with van der Waals surface area (Å²) in [4.78, 5) is 1.21. The monoisotopic (exact) mass is 305 g/mol. The van der Waals surface area contributed by atoms with Gasteiger partial charge in [0.1, 0.15) is 0 Å². The zero-order valence-corrected chi connectivity index (χ0v) is 13.5. The summed E-state index contributed by atoms with van der Waals surface area (Å²) in [6.45, 7) is 4.27. The molecule has 0 radical (unpaired) electrons. The highest BCUT2D eigenvalue weighted by Crippen LogP contribution is 2.22. The van der Waals surface area contributed by atoms with E-state index in [-0.39, 0.29) is 6.04 Å². The zero-order chi connectivity index (χ0) is 14.5. The third kappa shape index (κ3) is 4.55. The summed E-state index contributed by atoms with van der Waals surface area (Å²) >= 11 is 7.66. The molecule has 0 aliphatic carbocycles. The largest absolute Gasteiger partial charge is 0.327 e. The van der Waals surface area contributed by atoms with Gasteiger partial charge in [0.05, 0.1) is 0 Å². The highest BCUT2D eigenvalue weighted by Gasteiger charge is 2.07. The maximum absolute atomic E-state index is 6.26. The van der Waals surface area contributed by atoms with Gasteiger partial charge in [0.25, 0.3) is 0 Å². The van der Waals surface area contributed by atoms with Crippen LogP contribution in [-0.4, -0.2) is 11.8 Å².